The van der Waals surface area contributed by atoms with E-state index in [-0.39, 0.29) is 41.5 Å². The first-order valence-electron chi connectivity index (χ1n) is 19.1. The van der Waals surface area contributed by atoms with Crippen LogP contribution in [0.25, 0.3) is 10.8 Å². The predicted octanol–water partition coefficient (Wildman–Crippen LogP) is 13.6. The molecule has 7 rings (SSSR count). The number of rotatable bonds is 9. The average Bonchev–Trinajstić information content (AvgIpc) is 3.17. The van der Waals surface area contributed by atoms with Crippen LogP contribution in [-0.4, -0.2) is 11.5 Å². The molecular formula is C51H54NNiO-. The van der Waals surface area contributed by atoms with Crippen molar-refractivity contribution in [3.63, 3.8) is 0 Å². The molecule has 0 aromatic heterocycles. The molecule has 1 aliphatic carbocycles. The van der Waals surface area contributed by atoms with Gasteiger partial charge in [0.2, 0.25) is 0 Å². The Balaban J connectivity index is 0.00000280. The molecular weight excluding hydrogens is 701 g/mol. The smallest absolute Gasteiger partial charge is 0.182 e. The van der Waals surface area contributed by atoms with Crippen molar-refractivity contribution in [3.05, 3.63) is 192 Å². The summed E-state index contributed by atoms with van der Waals surface area (Å²) in [6, 6.07) is 52.9. The summed E-state index contributed by atoms with van der Waals surface area (Å²) in [5.74, 6) is 1.13. The third-order valence-electron chi connectivity index (χ3n) is 11.1. The van der Waals surface area contributed by atoms with Crippen molar-refractivity contribution in [2.24, 2.45) is 16.3 Å². The van der Waals surface area contributed by atoms with Gasteiger partial charge in [-0.3, -0.25) is 4.79 Å². The maximum Gasteiger partial charge on any atom is 0.182 e. The van der Waals surface area contributed by atoms with Gasteiger partial charge in [0.15, 0.2) is 5.78 Å². The summed E-state index contributed by atoms with van der Waals surface area (Å²) in [6.07, 6.45) is 4.76. The fourth-order valence-corrected chi connectivity index (χ4v) is 8.47. The summed E-state index contributed by atoms with van der Waals surface area (Å²) < 4.78 is 0. The molecule has 3 heteroatoms. The van der Waals surface area contributed by atoms with Gasteiger partial charge in [0, 0.05) is 39.1 Å². The van der Waals surface area contributed by atoms with Gasteiger partial charge in [0.25, 0.3) is 0 Å². The van der Waals surface area contributed by atoms with Gasteiger partial charge in [0.05, 0.1) is 11.4 Å². The number of benzene rings is 6. The van der Waals surface area contributed by atoms with E-state index >= 15 is 0 Å². The summed E-state index contributed by atoms with van der Waals surface area (Å²) in [7, 11) is 0. The van der Waals surface area contributed by atoms with Crippen LogP contribution in [0.15, 0.2) is 151 Å². The molecule has 0 N–H and O–H groups in total. The van der Waals surface area contributed by atoms with Gasteiger partial charge in [-0.2, -0.15) is 0 Å². The van der Waals surface area contributed by atoms with Crippen molar-refractivity contribution >= 4 is 28.0 Å². The number of carbonyl (C=O) groups excluding carboxylic acids is 1. The summed E-state index contributed by atoms with van der Waals surface area (Å²) >= 11 is 0. The van der Waals surface area contributed by atoms with Crippen LogP contribution in [0.2, 0.25) is 0 Å². The minimum atomic E-state index is -0.546. The molecule has 0 saturated heterocycles. The van der Waals surface area contributed by atoms with Crippen molar-refractivity contribution in [1.29, 1.82) is 0 Å². The summed E-state index contributed by atoms with van der Waals surface area (Å²) in [5.41, 5.74) is 9.62. The van der Waals surface area contributed by atoms with Crippen LogP contribution in [0.5, 0.6) is 0 Å². The van der Waals surface area contributed by atoms with Gasteiger partial charge in [-0.25, -0.2) is 4.99 Å². The minimum Gasteiger partial charge on any atom is -0.358 e. The van der Waals surface area contributed by atoms with E-state index in [1.165, 1.54) is 57.0 Å². The van der Waals surface area contributed by atoms with Crippen molar-refractivity contribution in [3.8, 4) is 0 Å². The molecule has 2 nitrogen and oxygen atoms in total. The molecule has 6 aromatic rings. The maximum absolute atomic E-state index is 14.0. The molecule has 1 fully saturated rings. The molecule has 0 heterocycles. The normalized spacial score (nSPS) is 16.2. The summed E-state index contributed by atoms with van der Waals surface area (Å²) in [6.45, 7) is 10.3. The van der Waals surface area contributed by atoms with Gasteiger partial charge in [-0.05, 0) is 75.9 Å². The first-order valence-corrected chi connectivity index (χ1v) is 19.1. The van der Waals surface area contributed by atoms with Crippen LogP contribution >= 0.6 is 0 Å². The second-order valence-corrected chi connectivity index (χ2v) is 15.9. The van der Waals surface area contributed by atoms with E-state index < -0.39 is 5.41 Å². The molecule has 0 bridgehead atoms. The number of fused-ring (bicyclic) bond motifs is 1. The average molecular weight is 756 g/mol. The molecule has 0 atom stereocenters. The van der Waals surface area contributed by atoms with Crippen molar-refractivity contribution in [2.45, 2.75) is 78.1 Å². The fraction of sp³-hybridized carbons (Fsp3) is 0.275. The van der Waals surface area contributed by atoms with E-state index in [9.17, 15) is 4.79 Å². The van der Waals surface area contributed by atoms with Gasteiger partial charge < -0.3 is 7.43 Å². The Morgan fingerprint density at radius 3 is 1.46 bits per heavy atom. The van der Waals surface area contributed by atoms with Crippen molar-refractivity contribution < 1.29 is 21.3 Å². The Hall–Kier alpha value is -4.59. The number of carbonyl (C=O) groups is 1. The summed E-state index contributed by atoms with van der Waals surface area (Å²) in [4.78, 5) is 19.5. The molecule has 1 aliphatic rings. The molecule has 0 aliphatic heterocycles. The SMILES string of the molecule is CC(=Nc1c(C(c2ccccc2)c2ccccc2)cc(C(c2ccccc2)c2ccccc2)c2cccc(C3CCC(C)CC3)c12)C(=O)C(C)(C)C.[CH3-].[Ni]. The second kappa shape index (κ2) is 17.7. The second-order valence-electron chi connectivity index (χ2n) is 15.9. The van der Waals surface area contributed by atoms with Crippen LogP contribution in [0.1, 0.15) is 117 Å². The van der Waals surface area contributed by atoms with Gasteiger partial charge >= 0.3 is 0 Å². The number of ketones is 1. The number of Topliss-reactive ketones (excluding diaryl/α,β-unsaturated/α-hetero) is 1. The molecule has 6 aromatic carbocycles. The predicted molar refractivity (Wildman–Crippen MR) is 226 cm³/mol. The quantitative estimate of drug-likeness (QED) is 0.0625. The van der Waals surface area contributed by atoms with E-state index in [4.69, 9.17) is 4.99 Å². The Labute approximate surface area is 334 Å². The molecule has 1 saturated carbocycles. The number of nitrogens with zero attached hydrogens (tertiary/aromatic N) is 1. The van der Waals surface area contributed by atoms with Crippen molar-refractivity contribution in [1.82, 2.24) is 0 Å². The van der Waals surface area contributed by atoms with Crippen LogP contribution < -0.4 is 0 Å². The zero-order valence-corrected chi connectivity index (χ0v) is 33.7. The third kappa shape index (κ3) is 8.53. The topological polar surface area (TPSA) is 29.4 Å². The molecule has 0 unspecified atom stereocenters. The molecule has 54 heavy (non-hydrogen) atoms. The van der Waals surface area contributed by atoms with E-state index in [1.807, 2.05) is 27.7 Å². The molecule has 0 amide bonds. The number of hydrogen-bond donors (Lipinski definition) is 0. The maximum atomic E-state index is 14.0. The largest absolute Gasteiger partial charge is 0.358 e. The standard InChI is InChI=1S/C50H51NO.CH3.Ni/c1-34-29-31-36(32-30-34)41-27-18-28-42-43(45(37-19-10-6-11-20-37)38-21-12-7-13-22-38)33-44(48(47(41)42)51-35(2)49(52)50(3,4)5)46(39-23-14-8-15-24-39)40-25-16-9-17-26-40;;/h6-28,33-34,36,45-46H,29-32H2,1-5H3;1H3;/q;-1;. The number of hydrogen-bond acceptors (Lipinski definition) is 2. The van der Waals surface area contributed by atoms with Gasteiger partial charge in [0.1, 0.15) is 0 Å². The van der Waals surface area contributed by atoms with E-state index in [1.54, 1.807) is 0 Å². The van der Waals surface area contributed by atoms with E-state index in [0.29, 0.717) is 11.6 Å². The van der Waals surface area contributed by atoms with E-state index in [2.05, 4.69) is 153 Å². The van der Waals surface area contributed by atoms with Gasteiger partial charge in [-0.1, -0.05) is 186 Å². The Morgan fingerprint density at radius 1 is 0.611 bits per heavy atom. The zero-order valence-electron chi connectivity index (χ0n) is 32.7. The Bertz CT molecular complexity index is 2080. The van der Waals surface area contributed by atoms with Crippen LogP contribution in [0, 0.1) is 18.8 Å². The Morgan fingerprint density at radius 2 is 1.04 bits per heavy atom. The monoisotopic (exact) mass is 754 g/mol. The first-order chi connectivity index (χ1) is 25.2. The third-order valence-corrected chi connectivity index (χ3v) is 11.1. The van der Waals surface area contributed by atoms with Crippen LogP contribution in [0.4, 0.5) is 5.69 Å². The van der Waals surface area contributed by atoms with Gasteiger partial charge in [-0.15, -0.1) is 0 Å². The zero-order chi connectivity index (χ0) is 36.2. The molecule has 280 valence electrons. The van der Waals surface area contributed by atoms with Crippen LogP contribution in [0.3, 0.4) is 0 Å². The Kier molecular flexibility index (Phi) is 13.3. The van der Waals surface area contributed by atoms with Crippen molar-refractivity contribution in [2.75, 3.05) is 0 Å². The first kappa shape index (κ1) is 40.6. The van der Waals surface area contributed by atoms with E-state index in [0.717, 1.165) is 30.0 Å². The van der Waals surface area contributed by atoms with Crippen LogP contribution in [-0.2, 0) is 21.3 Å². The fourth-order valence-electron chi connectivity index (χ4n) is 8.47. The summed E-state index contributed by atoms with van der Waals surface area (Å²) in [5, 5.41) is 2.41. The minimum absolute atomic E-state index is 0. The molecule has 0 spiro atoms. The number of aliphatic imine (C=N–C) groups is 1. The molecule has 0 radical (unpaired) electrons.